The second kappa shape index (κ2) is 4.76. The van der Waals surface area contributed by atoms with Gasteiger partial charge < -0.3 is 5.11 Å². The Balaban J connectivity index is 3.38. The minimum Gasteiger partial charge on any atom is -0.393 e. The molecule has 0 aromatic carbocycles. The van der Waals surface area contributed by atoms with Crippen molar-refractivity contribution in [3.05, 3.63) is 0 Å². The van der Waals surface area contributed by atoms with E-state index in [0.29, 0.717) is 5.41 Å². The van der Waals surface area contributed by atoms with Gasteiger partial charge in [-0.1, -0.05) is 33.6 Å². The summed E-state index contributed by atoms with van der Waals surface area (Å²) in [4.78, 5) is 0. The molecule has 1 heteroatoms. The predicted octanol–water partition coefficient (Wildman–Crippen LogP) is 2.97. The summed E-state index contributed by atoms with van der Waals surface area (Å²) in [6, 6.07) is 0. The highest BCUT2D eigenvalue weighted by molar-refractivity contribution is 4.66. The van der Waals surface area contributed by atoms with Gasteiger partial charge in [0.15, 0.2) is 0 Å². The lowest BCUT2D eigenvalue weighted by molar-refractivity contribution is 0.172. The van der Waals surface area contributed by atoms with E-state index in [4.69, 9.17) is 5.11 Å². The van der Waals surface area contributed by atoms with Crippen LogP contribution >= 0.6 is 0 Å². The van der Waals surface area contributed by atoms with E-state index in [9.17, 15) is 0 Å². The van der Waals surface area contributed by atoms with E-state index in [-0.39, 0.29) is 6.10 Å². The zero-order valence-corrected chi connectivity index (χ0v) is 8.35. The normalized spacial score (nSPS) is 15.0. The van der Waals surface area contributed by atoms with Gasteiger partial charge in [0.2, 0.25) is 0 Å². The SMILES string of the molecule is CCC(C)(C)CCCC(C)O. The Morgan fingerprint density at radius 3 is 2.27 bits per heavy atom. The van der Waals surface area contributed by atoms with E-state index in [1.165, 1.54) is 12.8 Å². The fourth-order valence-electron chi connectivity index (χ4n) is 1.05. The van der Waals surface area contributed by atoms with Gasteiger partial charge in [0.25, 0.3) is 0 Å². The van der Waals surface area contributed by atoms with Crippen LogP contribution in [0.4, 0.5) is 0 Å². The van der Waals surface area contributed by atoms with Crippen LogP contribution in [-0.4, -0.2) is 11.2 Å². The van der Waals surface area contributed by atoms with Gasteiger partial charge in [0, 0.05) is 0 Å². The van der Waals surface area contributed by atoms with Gasteiger partial charge in [-0.05, 0) is 25.2 Å². The molecule has 68 valence electrons. The monoisotopic (exact) mass is 158 g/mol. The largest absolute Gasteiger partial charge is 0.393 e. The van der Waals surface area contributed by atoms with Crippen molar-refractivity contribution in [1.29, 1.82) is 0 Å². The number of aliphatic hydroxyl groups excluding tert-OH is 1. The highest BCUT2D eigenvalue weighted by atomic mass is 16.3. The second-order valence-corrected chi connectivity index (χ2v) is 4.26. The molecule has 1 atom stereocenters. The molecule has 0 aliphatic rings. The lowest BCUT2D eigenvalue weighted by atomic mass is 9.84. The Kier molecular flexibility index (Phi) is 4.74. The Labute approximate surface area is 70.8 Å². The maximum absolute atomic E-state index is 9.02. The molecule has 0 aliphatic heterocycles. The summed E-state index contributed by atoms with van der Waals surface area (Å²) in [6.45, 7) is 8.66. The van der Waals surface area contributed by atoms with Gasteiger partial charge in [0.1, 0.15) is 0 Å². The fourth-order valence-corrected chi connectivity index (χ4v) is 1.05. The number of hydrogen-bond donors (Lipinski definition) is 1. The van der Waals surface area contributed by atoms with Crippen LogP contribution < -0.4 is 0 Å². The molecule has 0 saturated carbocycles. The smallest absolute Gasteiger partial charge is 0.0512 e. The first-order valence-corrected chi connectivity index (χ1v) is 4.66. The Hall–Kier alpha value is -0.0400. The van der Waals surface area contributed by atoms with Crippen molar-refractivity contribution in [1.82, 2.24) is 0 Å². The van der Waals surface area contributed by atoms with Crippen LogP contribution in [0.5, 0.6) is 0 Å². The summed E-state index contributed by atoms with van der Waals surface area (Å²) in [7, 11) is 0. The lowest BCUT2D eigenvalue weighted by Crippen LogP contribution is -2.10. The molecular formula is C10H22O. The molecule has 0 aromatic rings. The molecule has 11 heavy (non-hydrogen) atoms. The van der Waals surface area contributed by atoms with Crippen molar-refractivity contribution in [3.8, 4) is 0 Å². The molecule has 0 radical (unpaired) electrons. The molecule has 0 bridgehead atoms. The van der Waals surface area contributed by atoms with Crippen LogP contribution in [0.1, 0.15) is 53.4 Å². The number of rotatable bonds is 5. The molecule has 0 saturated heterocycles. The highest BCUT2D eigenvalue weighted by Gasteiger charge is 2.14. The molecule has 0 aliphatic carbocycles. The maximum Gasteiger partial charge on any atom is 0.0512 e. The summed E-state index contributed by atoms with van der Waals surface area (Å²) in [5.74, 6) is 0. The van der Waals surface area contributed by atoms with Gasteiger partial charge in [0.05, 0.1) is 6.10 Å². The van der Waals surface area contributed by atoms with Crippen molar-refractivity contribution in [2.45, 2.75) is 59.5 Å². The van der Waals surface area contributed by atoms with Gasteiger partial charge >= 0.3 is 0 Å². The first-order chi connectivity index (χ1) is 4.98. The lowest BCUT2D eigenvalue weighted by Gasteiger charge is -2.22. The van der Waals surface area contributed by atoms with Gasteiger partial charge in [-0.25, -0.2) is 0 Å². The fraction of sp³-hybridized carbons (Fsp3) is 1.00. The average molecular weight is 158 g/mol. The minimum absolute atomic E-state index is 0.123. The Bertz CT molecular complexity index is 95.0. The maximum atomic E-state index is 9.02. The Morgan fingerprint density at radius 2 is 1.91 bits per heavy atom. The number of hydrogen-bond acceptors (Lipinski definition) is 1. The van der Waals surface area contributed by atoms with Crippen LogP contribution in [0.2, 0.25) is 0 Å². The standard InChI is InChI=1S/C10H22O/c1-5-10(3,4)8-6-7-9(2)11/h9,11H,5-8H2,1-4H3. The van der Waals surface area contributed by atoms with Crippen LogP contribution in [0, 0.1) is 5.41 Å². The summed E-state index contributed by atoms with van der Waals surface area (Å²) >= 11 is 0. The van der Waals surface area contributed by atoms with E-state index < -0.39 is 0 Å². The van der Waals surface area contributed by atoms with Gasteiger partial charge in [-0.3, -0.25) is 0 Å². The number of aliphatic hydroxyl groups is 1. The van der Waals surface area contributed by atoms with Crippen LogP contribution in [0.25, 0.3) is 0 Å². The third-order valence-electron chi connectivity index (χ3n) is 2.43. The molecule has 1 nitrogen and oxygen atoms in total. The van der Waals surface area contributed by atoms with Crippen molar-refractivity contribution in [2.75, 3.05) is 0 Å². The zero-order chi connectivity index (χ0) is 8.91. The van der Waals surface area contributed by atoms with E-state index >= 15 is 0 Å². The Morgan fingerprint density at radius 1 is 1.36 bits per heavy atom. The molecule has 0 fully saturated rings. The predicted molar refractivity (Wildman–Crippen MR) is 49.6 cm³/mol. The summed E-state index contributed by atoms with van der Waals surface area (Å²) in [5.41, 5.74) is 0.467. The van der Waals surface area contributed by atoms with Crippen molar-refractivity contribution < 1.29 is 5.11 Å². The van der Waals surface area contributed by atoms with E-state index in [2.05, 4.69) is 20.8 Å². The van der Waals surface area contributed by atoms with Crippen LogP contribution in [0.15, 0.2) is 0 Å². The second-order valence-electron chi connectivity index (χ2n) is 4.26. The topological polar surface area (TPSA) is 20.2 Å². The summed E-state index contributed by atoms with van der Waals surface area (Å²) in [5, 5.41) is 9.02. The molecule has 0 amide bonds. The molecule has 0 heterocycles. The molecule has 0 spiro atoms. The highest BCUT2D eigenvalue weighted by Crippen LogP contribution is 2.26. The van der Waals surface area contributed by atoms with Crippen molar-refractivity contribution >= 4 is 0 Å². The average Bonchev–Trinajstić information content (AvgIpc) is 1.87. The third kappa shape index (κ3) is 6.36. The zero-order valence-electron chi connectivity index (χ0n) is 8.35. The molecule has 0 rings (SSSR count). The quantitative estimate of drug-likeness (QED) is 0.652. The third-order valence-corrected chi connectivity index (χ3v) is 2.43. The minimum atomic E-state index is -0.123. The van der Waals surface area contributed by atoms with Crippen molar-refractivity contribution in [2.24, 2.45) is 5.41 Å². The first kappa shape index (κ1) is 11.0. The molecule has 0 aromatic heterocycles. The van der Waals surface area contributed by atoms with Crippen LogP contribution in [0.3, 0.4) is 0 Å². The molecular weight excluding hydrogens is 136 g/mol. The van der Waals surface area contributed by atoms with E-state index in [0.717, 1.165) is 12.8 Å². The van der Waals surface area contributed by atoms with Crippen LogP contribution in [-0.2, 0) is 0 Å². The molecule has 1 N–H and O–H groups in total. The van der Waals surface area contributed by atoms with Crippen molar-refractivity contribution in [3.63, 3.8) is 0 Å². The van der Waals surface area contributed by atoms with Gasteiger partial charge in [-0.2, -0.15) is 0 Å². The first-order valence-electron chi connectivity index (χ1n) is 4.66. The summed E-state index contributed by atoms with van der Waals surface area (Å²) < 4.78 is 0. The van der Waals surface area contributed by atoms with E-state index in [1.54, 1.807) is 0 Å². The molecule has 1 unspecified atom stereocenters. The summed E-state index contributed by atoms with van der Waals surface area (Å²) in [6.07, 6.45) is 4.44. The van der Waals surface area contributed by atoms with Gasteiger partial charge in [-0.15, -0.1) is 0 Å². The van der Waals surface area contributed by atoms with E-state index in [1.807, 2.05) is 6.92 Å².